The maximum absolute atomic E-state index is 5.74. The summed E-state index contributed by atoms with van der Waals surface area (Å²) in [6.45, 7) is 2.68. The van der Waals surface area contributed by atoms with Crippen molar-refractivity contribution in [2.24, 2.45) is 7.05 Å². The average molecular weight is 259 g/mol. The largest absolute Gasteiger partial charge is 0.372 e. The standard InChI is InChI=1S/C9H11BrN2O2/c1-5-8-9(14-8,4-13-5)7-6(10)3-11-12(7)2/h3,5,8H,4H2,1-2H3/t5-,8+,9+/m0/s1. The summed E-state index contributed by atoms with van der Waals surface area (Å²) in [7, 11) is 1.93. The molecule has 0 bridgehead atoms. The van der Waals surface area contributed by atoms with Crippen LogP contribution < -0.4 is 0 Å². The molecule has 5 heteroatoms. The topological polar surface area (TPSA) is 39.6 Å². The van der Waals surface area contributed by atoms with E-state index in [9.17, 15) is 0 Å². The predicted molar refractivity (Wildman–Crippen MR) is 52.9 cm³/mol. The molecule has 4 nitrogen and oxygen atoms in total. The van der Waals surface area contributed by atoms with Gasteiger partial charge in [-0.05, 0) is 22.9 Å². The van der Waals surface area contributed by atoms with Crippen molar-refractivity contribution in [3.05, 3.63) is 16.4 Å². The van der Waals surface area contributed by atoms with Crippen molar-refractivity contribution in [2.75, 3.05) is 6.61 Å². The summed E-state index contributed by atoms with van der Waals surface area (Å²) in [5.41, 5.74) is 0.857. The molecule has 3 atom stereocenters. The Bertz CT molecular complexity index is 373. The van der Waals surface area contributed by atoms with Crippen LogP contribution in [0.2, 0.25) is 0 Å². The molecule has 1 aromatic rings. The quantitative estimate of drug-likeness (QED) is 0.711. The zero-order valence-corrected chi connectivity index (χ0v) is 9.61. The van der Waals surface area contributed by atoms with E-state index in [4.69, 9.17) is 9.47 Å². The minimum atomic E-state index is -0.233. The molecule has 2 aliphatic heterocycles. The van der Waals surface area contributed by atoms with Crippen LogP contribution in [-0.4, -0.2) is 28.6 Å². The fourth-order valence-electron chi connectivity index (χ4n) is 2.27. The van der Waals surface area contributed by atoms with Crippen LogP contribution in [0, 0.1) is 0 Å². The number of fused-ring (bicyclic) bond motifs is 1. The molecule has 0 aliphatic carbocycles. The van der Waals surface area contributed by atoms with Gasteiger partial charge < -0.3 is 9.47 Å². The van der Waals surface area contributed by atoms with Gasteiger partial charge >= 0.3 is 0 Å². The normalized spacial score (nSPS) is 39.9. The number of halogens is 1. The second-order valence-electron chi connectivity index (χ2n) is 3.91. The van der Waals surface area contributed by atoms with E-state index in [2.05, 4.69) is 21.0 Å². The van der Waals surface area contributed by atoms with Gasteiger partial charge in [0.2, 0.25) is 0 Å². The zero-order chi connectivity index (χ0) is 9.92. The molecule has 0 aromatic carbocycles. The van der Waals surface area contributed by atoms with Gasteiger partial charge in [0, 0.05) is 7.05 Å². The molecule has 2 saturated heterocycles. The summed E-state index contributed by atoms with van der Waals surface area (Å²) in [6, 6.07) is 0. The number of aryl methyl sites for hydroxylation is 1. The summed E-state index contributed by atoms with van der Waals surface area (Å²) in [5.74, 6) is 0. The van der Waals surface area contributed by atoms with Crippen molar-refractivity contribution in [1.29, 1.82) is 0 Å². The van der Waals surface area contributed by atoms with Crippen LogP contribution in [-0.2, 0) is 22.1 Å². The van der Waals surface area contributed by atoms with Crippen molar-refractivity contribution in [2.45, 2.75) is 24.7 Å². The number of rotatable bonds is 1. The van der Waals surface area contributed by atoms with Crippen LogP contribution in [0.3, 0.4) is 0 Å². The number of aromatic nitrogens is 2. The summed E-state index contributed by atoms with van der Waals surface area (Å²) in [5, 5.41) is 4.19. The molecule has 0 N–H and O–H groups in total. The lowest BCUT2D eigenvalue weighted by atomic mass is 10.0. The van der Waals surface area contributed by atoms with E-state index in [1.54, 1.807) is 6.20 Å². The van der Waals surface area contributed by atoms with Gasteiger partial charge in [-0.3, -0.25) is 4.68 Å². The Morgan fingerprint density at radius 3 is 2.93 bits per heavy atom. The Labute approximate surface area is 90.3 Å². The highest BCUT2D eigenvalue weighted by molar-refractivity contribution is 9.10. The van der Waals surface area contributed by atoms with Crippen LogP contribution >= 0.6 is 15.9 Å². The molecule has 0 unspecified atom stereocenters. The minimum Gasteiger partial charge on any atom is -0.372 e. The summed E-state index contributed by atoms with van der Waals surface area (Å²) < 4.78 is 14.2. The lowest BCUT2D eigenvalue weighted by Crippen LogP contribution is -2.18. The first-order valence-corrected chi connectivity index (χ1v) is 5.42. The van der Waals surface area contributed by atoms with Gasteiger partial charge in [-0.15, -0.1) is 0 Å². The number of nitrogens with zero attached hydrogens (tertiary/aromatic N) is 2. The number of epoxide rings is 1. The molecule has 14 heavy (non-hydrogen) atoms. The smallest absolute Gasteiger partial charge is 0.163 e. The Morgan fingerprint density at radius 2 is 2.50 bits per heavy atom. The minimum absolute atomic E-state index is 0.191. The third kappa shape index (κ3) is 0.924. The summed E-state index contributed by atoms with van der Waals surface area (Å²) >= 11 is 3.49. The Hall–Kier alpha value is -0.390. The maximum atomic E-state index is 5.74. The fourth-order valence-corrected chi connectivity index (χ4v) is 2.96. The second kappa shape index (κ2) is 2.59. The van der Waals surface area contributed by atoms with E-state index in [0.717, 1.165) is 10.2 Å². The molecule has 1 aromatic heterocycles. The monoisotopic (exact) mass is 258 g/mol. The van der Waals surface area contributed by atoms with Gasteiger partial charge in [0.05, 0.1) is 29.1 Å². The highest BCUT2D eigenvalue weighted by Crippen LogP contribution is 2.54. The molecule has 0 spiro atoms. The van der Waals surface area contributed by atoms with Crippen molar-refractivity contribution in [3.63, 3.8) is 0 Å². The molecule has 3 rings (SSSR count). The second-order valence-corrected chi connectivity index (χ2v) is 4.76. The molecular formula is C9H11BrN2O2. The maximum Gasteiger partial charge on any atom is 0.163 e. The number of ether oxygens (including phenoxy) is 2. The van der Waals surface area contributed by atoms with Gasteiger partial charge in [0.1, 0.15) is 6.10 Å². The van der Waals surface area contributed by atoms with E-state index in [1.165, 1.54) is 0 Å². The average Bonchev–Trinajstić information content (AvgIpc) is 2.67. The lowest BCUT2D eigenvalue weighted by Gasteiger charge is -2.09. The van der Waals surface area contributed by atoms with Gasteiger partial charge in [0.25, 0.3) is 0 Å². The van der Waals surface area contributed by atoms with E-state index in [1.807, 2.05) is 18.7 Å². The summed E-state index contributed by atoms with van der Waals surface area (Å²) in [4.78, 5) is 0. The number of hydrogen-bond acceptors (Lipinski definition) is 3. The molecule has 2 aliphatic rings. The van der Waals surface area contributed by atoms with Crippen LogP contribution in [0.25, 0.3) is 0 Å². The number of hydrogen-bond donors (Lipinski definition) is 0. The Kier molecular flexibility index (Phi) is 1.64. The Morgan fingerprint density at radius 1 is 1.71 bits per heavy atom. The van der Waals surface area contributed by atoms with Crippen molar-refractivity contribution < 1.29 is 9.47 Å². The van der Waals surface area contributed by atoms with Gasteiger partial charge in [-0.2, -0.15) is 5.10 Å². The molecule has 76 valence electrons. The molecule has 0 saturated carbocycles. The Balaban J connectivity index is 2.05. The van der Waals surface area contributed by atoms with Gasteiger partial charge in [-0.25, -0.2) is 0 Å². The summed E-state index contributed by atoms with van der Waals surface area (Å²) in [6.07, 6.45) is 2.19. The van der Waals surface area contributed by atoms with Crippen molar-refractivity contribution in [3.8, 4) is 0 Å². The molecular weight excluding hydrogens is 248 g/mol. The van der Waals surface area contributed by atoms with Crippen LogP contribution in [0.15, 0.2) is 10.7 Å². The molecule has 0 amide bonds. The van der Waals surface area contributed by atoms with E-state index in [0.29, 0.717) is 6.61 Å². The van der Waals surface area contributed by atoms with Crippen LogP contribution in [0.1, 0.15) is 12.6 Å². The first kappa shape index (κ1) is 8.88. The van der Waals surface area contributed by atoms with Gasteiger partial charge in [0.15, 0.2) is 5.60 Å². The lowest BCUT2D eigenvalue weighted by molar-refractivity contribution is 0.0170. The first-order chi connectivity index (χ1) is 6.65. The van der Waals surface area contributed by atoms with Crippen molar-refractivity contribution in [1.82, 2.24) is 9.78 Å². The highest BCUT2D eigenvalue weighted by Gasteiger charge is 2.67. The zero-order valence-electron chi connectivity index (χ0n) is 8.03. The first-order valence-electron chi connectivity index (χ1n) is 4.62. The highest BCUT2D eigenvalue weighted by atomic mass is 79.9. The molecule has 2 fully saturated rings. The van der Waals surface area contributed by atoms with Crippen LogP contribution in [0.4, 0.5) is 0 Å². The fraction of sp³-hybridized carbons (Fsp3) is 0.667. The SMILES string of the molecule is C[C@@H]1OC[C@]2(c3c(Br)cnn3C)O[C@H]12. The van der Waals surface area contributed by atoms with E-state index >= 15 is 0 Å². The molecule has 0 radical (unpaired) electrons. The van der Waals surface area contributed by atoms with Gasteiger partial charge in [-0.1, -0.05) is 0 Å². The van der Waals surface area contributed by atoms with E-state index in [-0.39, 0.29) is 17.8 Å². The molecule has 3 heterocycles. The van der Waals surface area contributed by atoms with E-state index < -0.39 is 0 Å². The third-order valence-corrected chi connectivity index (χ3v) is 3.60. The van der Waals surface area contributed by atoms with Crippen molar-refractivity contribution >= 4 is 15.9 Å². The third-order valence-electron chi connectivity index (χ3n) is 3.02. The van der Waals surface area contributed by atoms with Crippen LogP contribution in [0.5, 0.6) is 0 Å². The predicted octanol–water partition coefficient (Wildman–Crippen LogP) is 1.20.